The van der Waals surface area contributed by atoms with E-state index in [4.69, 9.17) is 4.74 Å². The van der Waals surface area contributed by atoms with Crippen LogP contribution in [0.3, 0.4) is 0 Å². The maximum atomic E-state index is 12.3. The van der Waals surface area contributed by atoms with Crippen LogP contribution in [0.2, 0.25) is 0 Å². The summed E-state index contributed by atoms with van der Waals surface area (Å²) in [6, 6.07) is 16.5. The first kappa shape index (κ1) is 17.5. The van der Waals surface area contributed by atoms with Gasteiger partial charge in [-0.05, 0) is 36.1 Å². The third-order valence-electron chi connectivity index (χ3n) is 3.70. The van der Waals surface area contributed by atoms with Crippen molar-refractivity contribution in [1.29, 1.82) is 0 Å². The van der Waals surface area contributed by atoms with Crippen LogP contribution in [0.25, 0.3) is 11.1 Å². The first-order chi connectivity index (χ1) is 11.7. The first-order valence-corrected chi connectivity index (χ1v) is 7.80. The molecule has 0 aliphatic rings. The summed E-state index contributed by atoms with van der Waals surface area (Å²) in [6.07, 6.45) is 2.79. The summed E-state index contributed by atoms with van der Waals surface area (Å²) >= 11 is 0. The van der Waals surface area contributed by atoms with Crippen LogP contribution in [0.5, 0.6) is 0 Å². The van der Waals surface area contributed by atoms with Crippen molar-refractivity contribution in [3.63, 3.8) is 0 Å². The second-order valence-electron chi connectivity index (χ2n) is 5.36. The molecule has 0 saturated carbocycles. The second-order valence-corrected chi connectivity index (χ2v) is 5.36. The highest BCUT2D eigenvalue weighted by Gasteiger charge is 2.21. The van der Waals surface area contributed by atoms with Crippen molar-refractivity contribution in [2.24, 2.45) is 0 Å². The summed E-state index contributed by atoms with van der Waals surface area (Å²) in [5.74, 6) is -0.750. The van der Waals surface area contributed by atoms with Crippen molar-refractivity contribution >= 4 is 11.9 Å². The van der Waals surface area contributed by atoms with Gasteiger partial charge >= 0.3 is 5.97 Å². The molecule has 0 unspecified atom stereocenters. The highest BCUT2D eigenvalue weighted by Crippen LogP contribution is 2.19. The van der Waals surface area contributed by atoms with E-state index in [2.05, 4.69) is 11.9 Å². The molecule has 0 spiro atoms. The number of hydrogen-bond donors (Lipinski definition) is 1. The van der Waals surface area contributed by atoms with Crippen LogP contribution in [-0.4, -0.2) is 25.0 Å². The van der Waals surface area contributed by atoms with Crippen molar-refractivity contribution in [2.45, 2.75) is 18.9 Å². The average Bonchev–Trinajstić information content (AvgIpc) is 2.65. The molecule has 2 aromatic rings. The highest BCUT2D eigenvalue weighted by atomic mass is 16.5. The Kier molecular flexibility index (Phi) is 6.32. The number of esters is 1. The van der Waals surface area contributed by atoms with Crippen LogP contribution in [0, 0.1) is 0 Å². The minimum Gasteiger partial charge on any atom is -0.467 e. The lowest BCUT2D eigenvalue weighted by molar-refractivity contribution is -0.143. The molecule has 0 fully saturated rings. The van der Waals surface area contributed by atoms with Gasteiger partial charge in [-0.3, -0.25) is 4.79 Å². The van der Waals surface area contributed by atoms with Crippen LogP contribution in [-0.2, 0) is 9.53 Å². The number of amides is 1. The third-order valence-corrected chi connectivity index (χ3v) is 3.70. The van der Waals surface area contributed by atoms with E-state index in [0.29, 0.717) is 18.4 Å². The van der Waals surface area contributed by atoms with Gasteiger partial charge in [0, 0.05) is 5.56 Å². The molecule has 0 radical (unpaired) electrons. The number of allylic oxidation sites excluding steroid dienone is 1. The molecule has 0 heterocycles. The van der Waals surface area contributed by atoms with E-state index in [1.54, 1.807) is 18.2 Å². The standard InChI is InChI=1S/C20H21NO3/c1-3-4-10-18(20(23)24-2)21-19(22)17-13-11-16(12-14-17)15-8-6-5-7-9-15/h3,5-9,11-14,18H,1,4,10H2,2H3,(H,21,22)/t18-/m1/s1. The van der Waals surface area contributed by atoms with Crippen LogP contribution >= 0.6 is 0 Å². The van der Waals surface area contributed by atoms with Gasteiger partial charge in [-0.1, -0.05) is 48.5 Å². The Morgan fingerprint density at radius 2 is 1.71 bits per heavy atom. The monoisotopic (exact) mass is 323 g/mol. The molecule has 0 aromatic heterocycles. The van der Waals surface area contributed by atoms with Crippen molar-refractivity contribution in [2.75, 3.05) is 7.11 Å². The molecule has 4 nitrogen and oxygen atoms in total. The molecule has 1 amide bonds. The fraction of sp³-hybridized carbons (Fsp3) is 0.200. The minimum atomic E-state index is -0.672. The molecule has 0 aliphatic carbocycles. The number of hydrogen-bond acceptors (Lipinski definition) is 3. The normalized spacial score (nSPS) is 11.4. The topological polar surface area (TPSA) is 55.4 Å². The number of rotatable bonds is 7. The van der Waals surface area contributed by atoms with E-state index in [9.17, 15) is 9.59 Å². The Morgan fingerprint density at radius 3 is 2.29 bits per heavy atom. The molecule has 2 rings (SSSR count). The average molecular weight is 323 g/mol. The fourth-order valence-electron chi connectivity index (χ4n) is 2.36. The molecular formula is C20H21NO3. The number of carbonyl (C=O) groups is 2. The molecule has 1 atom stereocenters. The molecule has 124 valence electrons. The fourth-order valence-corrected chi connectivity index (χ4v) is 2.36. The Bertz CT molecular complexity index is 693. The van der Waals surface area contributed by atoms with E-state index in [1.165, 1.54) is 7.11 Å². The van der Waals surface area contributed by atoms with Gasteiger partial charge < -0.3 is 10.1 Å². The lowest BCUT2D eigenvalue weighted by Crippen LogP contribution is -2.41. The third kappa shape index (κ3) is 4.56. The van der Waals surface area contributed by atoms with Gasteiger partial charge in [0.15, 0.2) is 0 Å². The van der Waals surface area contributed by atoms with Gasteiger partial charge in [-0.25, -0.2) is 4.79 Å². The quantitative estimate of drug-likeness (QED) is 0.626. The summed E-state index contributed by atoms with van der Waals surface area (Å²) in [4.78, 5) is 24.1. The van der Waals surface area contributed by atoms with Gasteiger partial charge in [0.05, 0.1) is 7.11 Å². The lowest BCUT2D eigenvalue weighted by Gasteiger charge is -2.16. The van der Waals surface area contributed by atoms with Crippen molar-refractivity contribution < 1.29 is 14.3 Å². The number of ether oxygens (including phenoxy) is 1. The summed E-state index contributed by atoms with van der Waals surface area (Å²) in [5, 5.41) is 2.72. The second kappa shape index (κ2) is 8.67. The molecule has 2 aromatic carbocycles. The maximum absolute atomic E-state index is 12.3. The predicted molar refractivity (Wildman–Crippen MR) is 94.6 cm³/mol. The highest BCUT2D eigenvalue weighted by molar-refractivity contribution is 5.97. The Balaban J connectivity index is 2.08. The molecule has 0 saturated heterocycles. The van der Waals surface area contributed by atoms with E-state index in [1.807, 2.05) is 42.5 Å². The number of methoxy groups -OCH3 is 1. The van der Waals surface area contributed by atoms with Gasteiger partial charge in [0.25, 0.3) is 5.91 Å². The first-order valence-electron chi connectivity index (χ1n) is 7.80. The molecule has 1 N–H and O–H groups in total. The molecule has 4 heteroatoms. The van der Waals surface area contributed by atoms with Gasteiger partial charge in [-0.15, -0.1) is 6.58 Å². The van der Waals surface area contributed by atoms with Crippen molar-refractivity contribution in [3.8, 4) is 11.1 Å². The van der Waals surface area contributed by atoms with Crippen LogP contribution in [0.4, 0.5) is 0 Å². The zero-order valence-electron chi connectivity index (χ0n) is 13.7. The van der Waals surface area contributed by atoms with Gasteiger partial charge in [-0.2, -0.15) is 0 Å². The van der Waals surface area contributed by atoms with E-state index in [-0.39, 0.29) is 5.91 Å². The van der Waals surface area contributed by atoms with Crippen molar-refractivity contribution in [1.82, 2.24) is 5.32 Å². The van der Waals surface area contributed by atoms with Crippen LogP contribution < -0.4 is 5.32 Å². The molecule has 24 heavy (non-hydrogen) atoms. The molecule has 0 bridgehead atoms. The van der Waals surface area contributed by atoms with Crippen LogP contribution in [0.15, 0.2) is 67.3 Å². The summed E-state index contributed by atoms with van der Waals surface area (Å²) < 4.78 is 4.74. The largest absolute Gasteiger partial charge is 0.467 e. The summed E-state index contributed by atoms with van der Waals surface area (Å²) in [7, 11) is 1.31. The van der Waals surface area contributed by atoms with E-state index in [0.717, 1.165) is 11.1 Å². The Morgan fingerprint density at radius 1 is 1.08 bits per heavy atom. The summed E-state index contributed by atoms with van der Waals surface area (Å²) in [5.41, 5.74) is 2.62. The SMILES string of the molecule is C=CCC[C@@H](NC(=O)c1ccc(-c2ccccc2)cc1)C(=O)OC. The Hall–Kier alpha value is -2.88. The number of carbonyl (C=O) groups excluding carboxylic acids is 2. The minimum absolute atomic E-state index is 0.297. The van der Waals surface area contributed by atoms with E-state index >= 15 is 0 Å². The zero-order chi connectivity index (χ0) is 17.4. The van der Waals surface area contributed by atoms with Gasteiger partial charge in [0.1, 0.15) is 6.04 Å². The Labute approximate surface area is 142 Å². The van der Waals surface area contributed by atoms with Crippen LogP contribution in [0.1, 0.15) is 23.2 Å². The van der Waals surface area contributed by atoms with Gasteiger partial charge in [0.2, 0.25) is 0 Å². The number of benzene rings is 2. The predicted octanol–water partition coefficient (Wildman–Crippen LogP) is 3.59. The number of nitrogens with one attached hydrogen (secondary N) is 1. The maximum Gasteiger partial charge on any atom is 0.328 e. The lowest BCUT2D eigenvalue weighted by atomic mass is 10.0. The van der Waals surface area contributed by atoms with Crippen molar-refractivity contribution in [3.05, 3.63) is 72.8 Å². The summed E-state index contributed by atoms with van der Waals surface area (Å²) in [6.45, 7) is 3.63. The smallest absolute Gasteiger partial charge is 0.328 e. The zero-order valence-corrected chi connectivity index (χ0v) is 13.7. The molecular weight excluding hydrogens is 302 g/mol. The van der Waals surface area contributed by atoms with E-state index < -0.39 is 12.0 Å². The molecule has 0 aliphatic heterocycles.